The fourth-order valence-corrected chi connectivity index (χ4v) is 1.83. The summed E-state index contributed by atoms with van der Waals surface area (Å²) in [4.78, 5) is 11.6. The summed E-state index contributed by atoms with van der Waals surface area (Å²) in [6, 6.07) is 5.63. The van der Waals surface area contributed by atoms with Crippen molar-refractivity contribution < 1.29 is 14.6 Å². The first-order chi connectivity index (χ1) is 7.22. The van der Waals surface area contributed by atoms with E-state index in [1.165, 1.54) is 0 Å². The summed E-state index contributed by atoms with van der Waals surface area (Å²) in [5.41, 5.74) is 1.76. The van der Waals surface area contributed by atoms with Gasteiger partial charge >= 0.3 is 0 Å². The number of ketones is 1. The Labute approximate surface area is 88.7 Å². The van der Waals surface area contributed by atoms with Crippen LogP contribution in [0.15, 0.2) is 18.2 Å². The minimum Gasteiger partial charge on any atom is -0.488 e. The average molecular weight is 206 g/mol. The quantitative estimate of drug-likeness (QED) is 0.816. The summed E-state index contributed by atoms with van der Waals surface area (Å²) in [6.07, 6.45) is 1.10. The molecule has 1 N–H and O–H groups in total. The van der Waals surface area contributed by atoms with Gasteiger partial charge in [-0.05, 0) is 25.0 Å². The minimum absolute atomic E-state index is 0.0438. The van der Waals surface area contributed by atoms with Gasteiger partial charge in [-0.15, -0.1) is 0 Å². The predicted octanol–water partition coefficient (Wildman–Crippen LogP) is 1.58. The van der Waals surface area contributed by atoms with E-state index in [0.29, 0.717) is 17.7 Å². The van der Waals surface area contributed by atoms with Crippen LogP contribution < -0.4 is 4.74 Å². The third kappa shape index (κ3) is 1.88. The van der Waals surface area contributed by atoms with Gasteiger partial charge in [0.15, 0.2) is 5.78 Å². The summed E-state index contributed by atoms with van der Waals surface area (Å²) >= 11 is 0. The zero-order valence-electron chi connectivity index (χ0n) is 8.69. The Morgan fingerprint density at radius 1 is 1.47 bits per heavy atom. The first-order valence-corrected chi connectivity index (χ1v) is 5.15. The van der Waals surface area contributed by atoms with E-state index in [0.717, 1.165) is 12.0 Å². The molecule has 1 unspecified atom stereocenters. The van der Waals surface area contributed by atoms with E-state index in [2.05, 4.69) is 0 Å². The highest BCUT2D eigenvalue weighted by Gasteiger charge is 2.24. The zero-order valence-corrected chi connectivity index (χ0v) is 8.69. The van der Waals surface area contributed by atoms with Crippen molar-refractivity contribution in [3.63, 3.8) is 0 Å². The number of aliphatic hydroxyl groups excluding tert-OH is 1. The third-order valence-electron chi connectivity index (χ3n) is 2.60. The van der Waals surface area contributed by atoms with Crippen LogP contribution >= 0.6 is 0 Å². The van der Waals surface area contributed by atoms with E-state index in [1.807, 2.05) is 12.1 Å². The van der Waals surface area contributed by atoms with E-state index in [4.69, 9.17) is 9.84 Å². The molecule has 3 heteroatoms. The molecule has 1 aromatic rings. The molecule has 0 aromatic heterocycles. The zero-order chi connectivity index (χ0) is 10.8. The van der Waals surface area contributed by atoms with Crippen LogP contribution in [0.3, 0.4) is 0 Å². The van der Waals surface area contributed by atoms with Crippen molar-refractivity contribution in [1.82, 2.24) is 0 Å². The topological polar surface area (TPSA) is 46.5 Å². The number of ether oxygens (including phenoxy) is 1. The van der Waals surface area contributed by atoms with Crippen molar-refractivity contribution in [2.24, 2.45) is 0 Å². The Hall–Kier alpha value is -1.35. The molecule has 0 bridgehead atoms. The largest absolute Gasteiger partial charge is 0.488 e. The van der Waals surface area contributed by atoms with Gasteiger partial charge in [-0.1, -0.05) is 12.1 Å². The third-order valence-corrected chi connectivity index (χ3v) is 2.60. The van der Waals surface area contributed by atoms with Gasteiger partial charge in [-0.25, -0.2) is 0 Å². The number of Topliss-reactive ketones (excluding diaryl/α,β-unsaturated/α-hetero) is 1. The molecule has 3 nitrogen and oxygen atoms in total. The monoisotopic (exact) mass is 206 g/mol. The Balaban J connectivity index is 2.32. The number of carbonyl (C=O) groups is 1. The number of carbonyl (C=O) groups excluding carboxylic acids is 1. The molecule has 0 saturated heterocycles. The lowest BCUT2D eigenvalue weighted by molar-refractivity contribution is 0.0978. The molecule has 1 aromatic carbocycles. The fraction of sp³-hybridized carbons (Fsp3) is 0.417. The highest BCUT2D eigenvalue weighted by atomic mass is 16.5. The maximum atomic E-state index is 11.6. The molecule has 1 aliphatic rings. The number of hydrogen-bond acceptors (Lipinski definition) is 3. The van der Waals surface area contributed by atoms with Crippen molar-refractivity contribution in [2.75, 3.05) is 6.61 Å². The molecule has 0 radical (unpaired) electrons. The first-order valence-electron chi connectivity index (χ1n) is 5.15. The van der Waals surface area contributed by atoms with Crippen LogP contribution in [0.4, 0.5) is 0 Å². The maximum absolute atomic E-state index is 11.6. The molecule has 1 atom stereocenters. The van der Waals surface area contributed by atoms with E-state index in [-0.39, 0.29) is 18.5 Å². The highest BCUT2D eigenvalue weighted by Crippen LogP contribution is 2.30. The standard InChI is InChI=1S/C12H14O3/c1-8(7-13)15-11-4-2-3-9-5-6-10(14)12(9)11/h2-4,8,13H,5-7H2,1H3. The van der Waals surface area contributed by atoms with Gasteiger partial charge in [0.1, 0.15) is 11.9 Å². The second kappa shape index (κ2) is 4.03. The van der Waals surface area contributed by atoms with Crippen LogP contribution in [0.1, 0.15) is 29.3 Å². The van der Waals surface area contributed by atoms with Crippen LogP contribution in [0.25, 0.3) is 0 Å². The van der Waals surface area contributed by atoms with Crippen LogP contribution in [-0.2, 0) is 6.42 Å². The molecule has 15 heavy (non-hydrogen) atoms. The first kappa shape index (κ1) is 10.2. The summed E-state index contributed by atoms with van der Waals surface area (Å²) < 4.78 is 5.51. The molecule has 0 heterocycles. The summed E-state index contributed by atoms with van der Waals surface area (Å²) in [7, 11) is 0. The van der Waals surface area contributed by atoms with Gasteiger partial charge in [0.05, 0.1) is 12.2 Å². The lowest BCUT2D eigenvalue weighted by Crippen LogP contribution is -2.17. The van der Waals surface area contributed by atoms with Gasteiger partial charge in [0.2, 0.25) is 0 Å². The van der Waals surface area contributed by atoms with Crippen LogP contribution in [-0.4, -0.2) is 23.6 Å². The van der Waals surface area contributed by atoms with E-state index >= 15 is 0 Å². The molecule has 1 aliphatic carbocycles. The molecular weight excluding hydrogens is 192 g/mol. The molecule has 0 spiro atoms. The molecule has 0 amide bonds. The lowest BCUT2D eigenvalue weighted by Gasteiger charge is -2.14. The highest BCUT2D eigenvalue weighted by molar-refractivity contribution is 6.02. The van der Waals surface area contributed by atoms with E-state index in [1.54, 1.807) is 13.0 Å². The molecule has 80 valence electrons. The molecular formula is C12H14O3. The number of benzene rings is 1. The Morgan fingerprint density at radius 3 is 3.00 bits per heavy atom. The SMILES string of the molecule is CC(CO)Oc1cccc2c1C(=O)CC2. The summed E-state index contributed by atoms with van der Waals surface area (Å²) in [5, 5.41) is 8.90. The number of aryl methyl sites for hydroxylation is 1. The Kier molecular flexibility index (Phi) is 2.73. The van der Waals surface area contributed by atoms with Gasteiger partial charge in [-0.3, -0.25) is 4.79 Å². The average Bonchev–Trinajstić information content (AvgIpc) is 2.61. The number of hydrogen-bond donors (Lipinski definition) is 1. The Bertz CT molecular complexity index is 384. The molecule has 0 fully saturated rings. The van der Waals surface area contributed by atoms with Gasteiger partial charge < -0.3 is 9.84 Å². The van der Waals surface area contributed by atoms with Gasteiger partial charge in [0, 0.05) is 6.42 Å². The maximum Gasteiger partial charge on any atom is 0.167 e. The van der Waals surface area contributed by atoms with Crippen molar-refractivity contribution in [2.45, 2.75) is 25.9 Å². The smallest absolute Gasteiger partial charge is 0.167 e. The van der Waals surface area contributed by atoms with Gasteiger partial charge in [0.25, 0.3) is 0 Å². The molecule has 0 aliphatic heterocycles. The van der Waals surface area contributed by atoms with Crippen LogP contribution in [0.2, 0.25) is 0 Å². The van der Waals surface area contributed by atoms with Crippen LogP contribution in [0.5, 0.6) is 5.75 Å². The molecule has 0 saturated carbocycles. The molecule has 2 rings (SSSR count). The number of rotatable bonds is 3. The van der Waals surface area contributed by atoms with E-state index < -0.39 is 0 Å². The number of fused-ring (bicyclic) bond motifs is 1. The minimum atomic E-state index is -0.273. The second-order valence-corrected chi connectivity index (χ2v) is 3.82. The van der Waals surface area contributed by atoms with Crippen molar-refractivity contribution in [3.05, 3.63) is 29.3 Å². The lowest BCUT2D eigenvalue weighted by atomic mass is 10.1. The fourth-order valence-electron chi connectivity index (χ4n) is 1.83. The van der Waals surface area contributed by atoms with Crippen molar-refractivity contribution in [1.29, 1.82) is 0 Å². The van der Waals surface area contributed by atoms with Gasteiger partial charge in [-0.2, -0.15) is 0 Å². The summed E-state index contributed by atoms with van der Waals surface area (Å²) in [5.74, 6) is 0.752. The van der Waals surface area contributed by atoms with E-state index in [9.17, 15) is 4.79 Å². The van der Waals surface area contributed by atoms with Crippen LogP contribution in [0, 0.1) is 0 Å². The van der Waals surface area contributed by atoms with Crippen molar-refractivity contribution in [3.8, 4) is 5.75 Å². The van der Waals surface area contributed by atoms with Crippen molar-refractivity contribution >= 4 is 5.78 Å². The predicted molar refractivity (Wildman–Crippen MR) is 56.3 cm³/mol. The second-order valence-electron chi connectivity index (χ2n) is 3.82. The normalized spacial score (nSPS) is 16.3. The summed E-state index contributed by atoms with van der Waals surface area (Å²) in [6.45, 7) is 1.73. The Morgan fingerprint density at radius 2 is 2.27 bits per heavy atom. The number of aliphatic hydroxyl groups is 1.